The van der Waals surface area contributed by atoms with E-state index in [4.69, 9.17) is 11.6 Å². The normalized spacial score (nSPS) is 10.6. The van der Waals surface area contributed by atoms with Gasteiger partial charge in [0.25, 0.3) is 0 Å². The van der Waals surface area contributed by atoms with Crippen LogP contribution in [-0.2, 0) is 17.6 Å². The first kappa shape index (κ1) is 17.6. The number of carbonyl (C=O) groups is 1. The summed E-state index contributed by atoms with van der Waals surface area (Å²) < 4.78 is 12.8. The van der Waals surface area contributed by atoms with E-state index in [0.717, 1.165) is 21.8 Å². The van der Waals surface area contributed by atoms with Crippen LogP contribution >= 0.6 is 22.9 Å². The molecule has 3 rings (SSSR count). The van der Waals surface area contributed by atoms with E-state index < -0.39 is 0 Å². The highest BCUT2D eigenvalue weighted by Gasteiger charge is 2.10. The summed E-state index contributed by atoms with van der Waals surface area (Å²) in [6.45, 7) is 0.506. The van der Waals surface area contributed by atoms with Crippen LogP contribution in [-0.4, -0.2) is 17.4 Å². The minimum Gasteiger partial charge on any atom is -0.355 e. The van der Waals surface area contributed by atoms with E-state index in [0.29, 0.717) is 18.0 Å². The zero-order valence-corrected chi connectivity index (χ0v) is 14.9. The van der Waals surface area contributed by atoms with Crippen LogP contribution in [0.2, 0.25) is 5.02 Å². The van der Waals surface area contributed by atoms with E-state index in [-0.39, 0.29) is 18.1 Å². The fraction of sp³-hybridized carbons (Fsp3) is 0.158. The number of rotatable bonds is 6. The highest BCUT2D eigenvalue weighted by atomic mass is 35.5. The number of benzene rings is 2. The number of aromatic nitrogens is 1. The van der Waals surface area contributed by atoms with Gasteiger partial charge in [0.05, 0.1) is 17.1 Å². The minimum absolute atomic E-state index is 0.0851. The first-order chi connectivity index (χ1) is 12.1. The second-order valence-electron chi connectivity index (χ2n) is 5.53. The molecule has 6 heteroatoms. The van der Waals surface area contributed by atoms with Crippen molar-refractivity contribution in [2.75, 3.05) is 6.54 Å². The molecule has 2 aromatic carbocycles. The van der Waals surface area contributed by atoms with Gasteiger partial charge in [0.15, 0.2) is 0 Å². The van der Waals surface area contributed by atoms with Crippen molar-refractivity contribution in [1.29, 1.82) is 0 Å². The van der Waals surface area contributed by atoms with Crippen LogP contribution < -0.4 is 5.32 Å². The Kier molecular flexibility index (Phi) is 5.79. The number of thiazole rings is 1. The summed E-state index contributed by atoms with van der Waals surface area (Å²) in [6, 6.07) is 13.8. The summed E-state index contributed by atoms with van der Waals surface area (Å²) in [7, 11) is 0. The molecule has 0 atom stereocenters. The third kappa shape index (κ3) is 4.87. The molecule has 1 amide bonds. The quantitative estimate of drug-likeness (QED) is 0.690. The van der Waals surface area contributed by atoms with E-state index >= 15 is 0 Å². The van der Waals surface area contributed by atoms with Gasteiger partial charge in [0, 0.05) is 17.5 Å². The molecule has 0 fully saturated rings. The van der Waals surface area contributed by atoms with Crippen LogP contribution in [0.1, 0.15) is 11.3 Å². The first-order valence-corrected chi connectivity index (χ1v) is 9.08. The van der Waals surface area contributed by atoms with E-state index in [1.54, 1.807) is 12.1 Å². The average Bonchev–Trinajstić information content (AvgIpc) is 3.05. The Hall–Kier alpha value is -2.24. The number of nitrogens with one attached hydrogen (secondary N) is 1. The van der Waals surface area contributed by atoms with Crippen LogP contribution in [0.4, 0.5) is 4.39 Å². The van der Waals surface area contributed by atoms with Crippen LogP contribution in [0.25, 0.3) is 10.6 Å². The first-order valence-electron chi connectivity index (χ1n) is 7.82. The SMILES string of the molecule is O=C(Cc1csc(-c2ccccc2Cl)n1)NCCc1ccc(F)cc1. The lowest BCUT2D eigenvalue weighted by Gasteiger charge is -2.04. The fourth-order valence-corrected chi connectivity index (χ4v) is 3.51. The highest BCUT2D eigenvalue weighted by Crippen LogP contribution is 2.30. The Morgan fingerprint density at radius 2 is 1.92 bits per heavy atom. The van der Waals surface area contributed by atoms with E-state index in [1.165, 1.54) is 23.5 Å². The predicted octanol–water partition coefficient (Wildman–Crippen LogP) is 4.50. The molecule has 0 bridgehead atoms. The summed E-state index contributed by atoms with van der Waals surface area (Å²) in [6.07, 6.45) is 0.887. The van der Waals surface area contributed by atoms with Gasteiger partial charge < -0.3 is 5.32 Å². The maximum atomic E-state index is 12.8. The molecule has 3 aromatic rings. The standard InChI is InChI=1S/C19H16ClFN2OS/c20-17-4-2-1-3-16(17)19-23-15(12-25-19)11-18(24)22-10-9-13-5-7-14(21)8-6-13/h1-8,12H,9-11H2,(H,22,24). The molecule has 3 nitrogen and oxygen atoms in total. The number of carbonyl (C=O) groups excluding carboxylic acids is 1. The second-order valence-corrected chi connectivity index (χ2v) is 6.79. The molecule has 0 aliphatic rings. The smallest absolute Gasteiger partial charge is 0.226 e. The number of nitrogens with zero attached hydrogens (tertiary/aromatic N) is 1. The zero-order chi connectivity index (χ0) is 17.6. The Bertz CT molecular complexity index is 864. The van der Waals surface area contributed by atoms with Crippen molar-refractivity contribution in [3.63, 3.8) is 0 Å². The topological polar surface area (TPSA) is 42.0 Å². The number of hydrogen-bond donors (Lipinski definition) is 1. The highest BCUT2D eigenvalue weighted by molar-refractivity contribution is 7.13. The maximum absolute atomic E-state index is 12.8. The number of amides is 1. The van der Waals surface area contributed by atoms with Crippen molar-refractivity contribution < 1.29 is 9.18 Å². The summed E-state index contributed by atoms with van der Waals surface area (Å²) in [5.74, 6) is -0.344. The van der Waals surface area contributed by atoms with Crippen LogP contribution in [0, 0.1) is 5.82 Å². The van der Waals surface area contributed by atoms with Crippen molar-refractivity contribution in [3.05, 3.63) is 76.0 Å². The molecule has 1 aromatic heterocycles. The molecular weight excluding hydrogens is 359 g/mol. The molecule has 0 unspecified atom stereocenters. The van der Waals surface area contributed by atoms with E-state index in [1.807, 2.05) is 29.6 Å². The van der Waals surface area contributed by atoms with Gasteiger partial charge in [0.1, 0.15) is 10.8 Å². The molecule has 0 spiro atoms. The molecule has 0 aliphatic carbocycles. The molecule has 1 N–H and O–H groups in total. The summed E-state index contributed by atoms with van der Waals surface area (Å²) in [5, 5.41) is 6.18. The summed E-state index contributed by atoms with van der Waals surface area (Å²) in [4.78, 5) is 16.5. The second kappa shape index (κ2) is 8.23. The van der Waals surface area contributed by atoms with E-state index in [9.17, 15) is 9.18 Å². The molecule has 0 saturated carbocycles. The molecule has 0 saturated heterocycles. The van der Waals surface area contributed by atoms with Gasteiger partial charge >= 0.3 is 0 Å². The Labute approximate surface area is 154 Å². The third-order valence-electron chi connectivity index (χ3n) is 3.65. The molecule has 0 aliphatic heterocycles. The number of halogens is 2. The van der Waals surface area contributed by atoms with Crippen LogP contribution in [0.15, 0.2) is 53.9 Å². The molecule has 0 radical (unpaired) electrons. The van der Waals surface area contributed by atoms with Gasteiger partial charge in [-0.05, 0) is 30.2 Å². The molecule has 25 heavy (non-hydrogen) atoms. The molecule has 128 valence electrons. The van der Waals surface area contributed by atoms with Gasteiger partial charge in [-0.3, -0.25) is 4.79 Å². The van der Waals surface area contributed by atoms with Crippen LogP contribution in [0.3, 0.4) is 0 Å². The predicted molar refractivity (Wildman–Crippen MR) is 99.4 cm³/mol. The number of hydrogen-bond acceptors (Lipinski definition) is 3. The molecular formula is C19H16ClFN2OS. The Morgan fingerprint density at radius 3 is 2.68 bits per heavy atom. The van der Waals surface area contributed by atoms with Gasteiger partial charge in [-0.2, -0.15) is 0 Å². The van der Waals surface area contributed by atoms with Crippen LogP contribution in [0.5, 0.6) is 0 Å². The Balaban J connectivity index is 1.52. The van der Waals surface area contributed by atoms with Crippen molar-refractivity contribution in [3.8, 4) is 10.6 Å². The van der Waals surface area contributed by atoms with Crippen molar-refractivity contribution in [2.45, 2.75) is 12.8 Å². The Morgan fingerprint density at radius 1 is 1.16 bits per heavy atom. The van der Waals surface area contributed by atoms with Gasteiger partial charge in [0.2, 0.25) is 5.91 Å². The van der Waals surface area contributed by atoms with Gasteiger partial charge in [-0.15, -0.1) is 11.3 Å². The summed E-state index contributed by atoms with van der Waals surface area (Å²) in [5.41, 5.74) is 2.58. The fourth-order valence-electron chi connectivity index (χ4n) is 2.37. The van der Waals surface area contributed by atoms with Crippen molar-refractivity contribution >= 4 is 28.8 Å². The molecule has 1 heterocycles. The lowest BCUT2D eigenvalue weighted by atomic mass is 10.1. The van der Waals surface area contributed by atoms with E-state index in [2.05, 4.69) is 10.3 Å². The zero-order valence-electron chi connectivity index (χ0n) is 13.3. The monoisotopic (exact) mass is 374 g/mol. The van der Waals surface area contributed by atoms with Gasteiger partial charge in [-0.25, -0.2) is 9.37 Å². The van der Waals surface area contributed by atoms with Crippen molar-refractivity contribution in [2.24, 2.45) is 0 Å². The average molecular weight is 375 g/mol. The summed E-state index contributed by atoms with van der Waals surface area (Å²) >= 11 is 7.64. The lowest BCUT2D eigenvalue weighted by Crippen LogP contribution is -2.27. The third-order valence-corrected chi connectivity index (χ3v) is 4.90. The maximum Gasteiger partial charge on any atom is 0.226 e. The minimum atomic E-state index is -0.259. The van der Waals surface area contributed by atoms with Crippen molar-refractivity contribution in [1.82, 2.24) is 10.3 Å². The lowest BCUT2D eigenvalue weighted by molar-refractivity contribution is -0.120. The van der Waals surface area contributed by atoms with Gasteiger partial charge in [-0.1, -0.05) is 41.9 Å². The largest absolute Gasteiger partial charge is 0.355 e.